The third-order valence-corrected chi connectivity index (χ3v) is 4.64. The Morgan fingerprint density at radius 2 is 2.08 bits per heavy atom. The first-order valence-corrected chi connectivity index (χ1v) is 8.51. The molecule has 0 saturated heterocycles. The first kappa shape index (κ1) is 16.3. The lowest BCUT2D eigenvalue weighted by atomic mass is 10.1. The molecule has 1 N–H and O–H groups in total. The summed E-state index contributed by atoms with van der Waals surface area (Å²) >= 11 is 1.56. The molecule has 0 radical (unpaired) electrons. The molecule has 0 spiro atoms. The number of amides is 1. The third kappa shape index (κ3) is 3.86. The smallest absolute Gasteiger partial charge is 0.287 e. The third-order valence-electron chi connectivity index (χ3n) is 3.56. The maximum absolute atomic E-state index is 12.3. The molecule has 0 fully saturated rings. The highest BCUT2D eigenvalue weighted by Gasteiger charge is 2.15. The van der Waals surface area contributed by atoms with Crippen LogP contribution in [0.4, 0.5) is 0 Å². The van der Waals surface area contributed by atoms with Crippen LogP contribution in [0, 0.1) is 0 Å². The van der Waals surface area contributed by atoms with Crippen molar-refractivity contribution in [2.24, 2.45) is 7.05 Å². The zero-order valence-electron chi connectivity index (χ0n) is 13.5. The monoisotopic (exact) mass is 342 g/mol. The zero-order valence-corrected chi connectivity index (χ0v) is 14.3. The van der Waals surface area contributed by atoms with Gasteiger partial charge in [0.15, 0.2) is 10.9 Å². The number of aromatic nitrogens is 3. The topological polar surface area (TPSA) is 73.0 Å². The maximum atomic E-state index is 12.3. The summed E-state index contributed by atoms with van der Waals surface area (Å²) in [5, 5.41) is 3.83. The first-order valence-electron chi connectivity index (χ1n) is 7.53. The molecule has 3 aromatic heterocycles. The van der Waals surface area contributed by atoms with E-state index >= 15 is 0 Å². The van der Waals surface area contributed by atoms with E-state index in [1.807, 2.05) is 42.9 Å². The van der Waals surface area contributed by atoms with Crippen LogP contribution in [0.2, 0.25) is 0 Å². The number of nitrogens with one attached hydrogen (secondary N) is 1. The molecule has 1 amide bonds. The van der Waals surface area contributed by atoms with Gasteiger partial charge in [-0.2, -0.15) is 0 Å². The Labute approximate surface area is 144 Å². The Morgan fingerprint density at radius 1 is 1.29 bits per heavy atom. The first-order chi connectivity index (χ1) is 11.6. The molecule has 0 aliphatic carbocycles. The zero-order chi connectivity index (χ0) is 16.9. The fourth-order valence-electron chi connectivity index (χ4n) is 2.21. The molecule has 0 saturated carbocycles. The fraction of sp³-hybridized carbons (Fsp3) is 0.235. The minimum absolute atomic E-state index is 0.115. The number of aryl methyl sites for hydroxylation is 1. The molecule has 24 heavy (non-hydrogen) atoms. The van der Waals surface area contributed by atoms with Crippen LogP contribution >= 0.6 is 11.8 Å². The van der Waals surface area contributed by atoms with E-state index in [1.165, 1.54) is 0 Å². The second kappa shape index (κ2) is 7.35. The minimum atomic E-state index is -0.229. The van der Waals surface area contributed by atoms with Gasteiger partial charge in [-0.25, -0.2) is 4.98 Å². The summed E-state index contributed by atoms with van der Waals surface area (Å²) < 4.78 is 7.58. The fourth-order valence-corrected chi connectivity index (χ4v) is 3.03. The molecule has 6 nitrogen and oxygen atoms in total. The quantitative estimate of drug-likeness (QED) is 0.697. The van der Waals surface area contributed by atoms with Crippen molar-refractivity contribution in [2.75, 3.05) is 0 Å². The molecule has 0 bridgehead atoms. The van der Waals surface area contributed by atoms with Gasteiger partial charge in [-0.05, 0) is 36.8 Å². The summed E-state index contributed by atoms with van der Waals surface area (Å²) in [6, 6.07) is 7.16. The molecule has 7 heteroatoms. The van der Waals surface area contributed by atoms with Crippen LogP contribution in [0.3, 0.4) is 0 Å². The van der Waals surface area contributed by atoms with Gasteiger partial charge in [0.05, 0.1) is 11.8 Å². The van der Waals surface area contributed by atoms with Gasteiger partial charge in [-0.15, -0.1) is 0 Å². The van der Waals surface area contributed by atoms with Crippen molar-refractivity contribution < 1.29 is 9.21 Å². The van der Waals surface area contributed by atoms with E-state index in [4.69, 9.17) is 4.42 Å². The molecule has 1 unspecified atom stereocenters. The standard InChI is InChI=1S/C17H18N4O2S/c1-12(13-5-7-18-8-6-13)20-16(22)15-4-3-14(23-15)11-24-17-19-9-10-21(17)2/h3-10,12H,11H2,1-2H3,(H,20,22). The Balaban J connectivity index is 1.58. The van der Waals surface area contributed by atoms with Gasteiger partial charge in [0, 0.05) is 31.8 Å². The average Bonchev–Trinajstić information content (AvgIpc) is 3.22. The molecule has 124 valence electrons. The number of rotatable bonds is 6. The van der Waals surface area contributed by atoms with E-state index in [9.17, 15) is 4.79 Å². The van der Waals surface area contributed by atoms with Crippen LogP contribution in [0.25, 0.3) is 0 Å². The summed E-state index contributed by atoms with van der Waals surface area (Å²) in [6.07, 6.45) is 7.06. The average molecular weight is 342 g/mol. The number of pyridine rings is 1. The normalized spacial score (nSPS) is 12.1. The Morgan fingerprint density at radius 3 is 2.79 bits per heavy atom. The van der Waals surface area contributed by atoms with Gasteiger partial charge in [0.1, 0.15) is 5.76 Å². The number of nitrogens with zero attached hydrogens (tertiary/aromatic N) is 3. The van der Waals surface area contributed by atoms with E-state index in [0.717, 1.165) is 16.5 Å². The van der Waals surface area contributed by atoms with E-state index < -0.39 is 0 Å². The molecule has 3 heterocycles. The second-order valence-corrected chi connectivity index (χ2v) is 6.29. The highest BCUT2D eigenvalue weighted by atomic mass is 32.2. The summed E-state index contributed by atoms with van der Waals surface area (Å²) in [4.78, 5) is 20.5. The van der Waals surface area contributed by atoms with Crippen LogP contribution in [-0.2, 0) is 12.8 Å². The van der Waals surface area contributed by atoms with Gasteiger partial charge in [-0.1, -0.05) is 11.8 Å². The van der Waals surface area contributed by atoms with E-state index in [2.05, 4.69) is 15.3 Å². The van der Waals surface area contributed by atoms with E-state index in [0.29, 0.717) is 11.5 Å². The van der Waals surface area contributed by atoms with Gasteiger partial charge in [0.25, 0.3) is 5.91 Å². The molecule has 0 aliphatic rings. The Bertz CT molecular complexity index is 813. The van der Waals surface area contributed by atoms with E-state index in [1.54, 1.807) is 36.4 Å². The summed E-state index contributed by atoms with van der Waals surface area (Å²) in [6.45, 7) is 1.92. The molecular weight excluding hydrogens is 324 g/mol. The number of imidazole rings is 1. The predicted molar refractivity (Wildman–Crippen MR) is 91.6 cm³/mol. The minimum Gasteiger partial charge on any atom is -0.455 e. The lowest BCUT2D eigenvalue weighted by molar-refractivity contribution is 0.0910. The summed E-state index contributed by atoms with van der Waals surface area (Å²) in [5.41, 5.74) is 0.996. The number of furan rings is 1. The number of hydrogen-bond acceptors (Lipinski definition) is 5. The van der Waals surface area contributed by atoms with Gasteiger partial charge < -0.3 is 14.3 Å². The van der Waals surface area contributed by atoms with Crippen molar-refractivity contribution in [1.29, 1.82) is 0 Å². The Kier molecular flexibility index (Phi) is 5.00. The molecule has 0 aliphatic heterocycles. The molecule has 3 aromatic rings. The van der Waals surface area contributed by atoms with Crippen LogP contribution in [-0.4, -0.2) is 20.4 Å². The van der Waals surface area contributed by atoms with E-state index in [-0.39, 0.29) is 11.9 Å². The summed E-state index contributed by atoms with van der Waals surface area (Å²) in [7, 11) is 1.94. The van der Waals surface area contributed by atoms with Crippen LogP contribution in [0.1, 0.15) is 34.8 Å². The highest BCUT2D eigenvalue weighted by Crippen LogP contribution is 2.22. The second-order valence-electron chi connectivity index (χ2n) is 5.35. The molecule has 0 aromatic carbocycles. The van der Waals surface area contributed by atoms with Crippen molar-refractivity contribution in [2.45, 2.75) is 23.9 Å². The van der Waals surface area contributed by atoms with Gasteiger partial charge >= 0.3 is 0 Å². The van der Waals surface area contributed by atoms with Crippen molar-refractivity contribution in [3.8, 4) is 0 Å². The number of carbonyl (C=O) groups excluding carboxylic acids is 1. The van der Waals surface area contributed by atoms with Gasteiger partial charge in [-0.3, -0.25) is 9.78 Å². The number of thioether (sulfide) groups is 1. The van der Waals surface area contributed by atoms with Gasteiger partial charge in [0.2, 0.25) is 0 Å². The molecule has 3 rings (SSSR count). The van der Waals surface area contributed by atoms with Crippen molar-refractivity contribution in [1.82, 2.24) is 19.9 Å². The predicted octanol–water partition coefficient (Wildman–Crippen LogP) is 3.19. The van der Waals surface area contributed by atoms with Crippen LogP contribution in [0.15, 0.2) is 58.6 Å². The maximum Gasteiger partial charge on any atom is 0.287 e. The highest BCUT2D eigenvalue weighted by molar-refractivity contribution is 7.98. The van der Waals surface area contributed by atoms with Crippen molar-refractivity contribution >= 4 is 17.7 Å². The largest absolute Gasteiger partial charge is 0.455 e. The number of carbonyl (C=O) groups is 1. The Hall–Kier alpha value is -2.54. The van der Waals surface area contributed by atoms with Crippen molar-refractivity contribution in [3.05, 3.63) is 66.1 Å². The lowest BCUT2D eigenvalue weighted by Gasteiger charge is -2.12. The SMILES string of the molecule is CC(NC(=O)c1ccc(CSc2nccn2C)o1)c1ccncc1. The molecule has 1 atom stereocenters. The van der Waals surface area contributed by atoms with Crippen LogP contribution < -0.4 is 5.32 Å². The van der Waals surface area contributed by atoms with Crippen molar-refractivity contribution in [3.63, 3.8) is 0 Å². The number of hydrogen-bond donors (Lipinski definition) is 1. The van der Waals surface area contributed by atoms with Crippen LogP contribution in [0.5, 0.6) is 0 Å². The summed E-state index contributed by atoms with van der Waals surface area (Å²) in [5.74, 6) is 1.45. The lowest BCUT2D eigenvalue weighted by Crippen LogP contribution is -2.26. The molecular formula is C17H18N4O2S.